The van der Waals surface area contributed by atoms with Crippen LogP contribution in [0.3, 0.4) is 0 Å². The van der Waals surface area contributed by atoms with Gasteiger partial charge in [-0.2, -0.15) is 0 Å². The third-order valence-electron chi connectivity index (χ3n) is 3.55. The van der Waals surface area contributed by atoms with Gasteiger partial charge in [0.05, 0.1) is 6.42 Å². The average Bonchev–Trinajstić information content (AvgIpc) is 3.09. The molecule has 3 aromatic rings. The number of carbonyl (C=O) groups excluding carboxylic acids is 1. The predicted molar refractivity (Wildman–Crippen MR) is 105 cm³/mol. The number of ether oxygens (including phenoxy) is 1. The van der Waals surface area contributed by atoms with Gasteiger partial charge in [-0.15, -0.1) is 16.9 Å². The third-order valence-corrected chi connectivity index (χ3v) is 4.56. The van der Waals surface area contributed by atoms with Crippen molar-refractivity contribution >= 4 is 23.7 Å². The second kappa shape index (κ2) is 9.36. The zero-order chi connectivity index (χ0) is 19.9. The maximum absolute atomic E-state index is 12.8. The minimum atomic E-state index is -0.449. The van der Waals surface area contributed by atoms with E-state index in [4.69, 9.17) is 9.15 Å². The van der Waals surface area contributed by atoms with Crippen LogP contribution < -0.4 is 10.1 Å². The highest BCUT2D eigenvalue weighted by Crippen LogP contribution is 2.23. The van der Waals surface area contributed by atoms with Crippen LogP contribution in [0.5, 0.6) is 5.75 Å². The Morgan fingerprint density at radius 3 is 2.54 bits per heavy atom. The molecule has 2 aromatic carbocycles. The topological polar surface area (TPSA) is 77.2 Å². The lowest BCUT2D eigenvalue weighted by molar-refractivity contribution is -0.118. The summed E-state index contributed by atoms with van der Waals surface area (Å²) in [4.78, 5) is 13.1. The van der Waals surface area contributed by atoms with Crippen molar-refractivity contribution in [3.63, 3.8) is 0 Å². The molecule has 0 bridgehead atoms. The molecular formula is C20H20FN3O3S. The standard InChI is InChI=1S/C20H20FN3O3S/c1-13(2)28-17-9-3-14(4-10-17)11-19-23-24-20(27-19)22-18(25)12-26-16-7-5-15(21)6-8-16/h3-10,13H,11-12H2,1-2H3,(H,22,24,25). The number of rotatable bonds is 8. The van der Waals surface area contributed by atoms with Crippen molar-refractivity contribution < 1.29 is 18.3 Å². The van der Waals surface area contributed by atoms with Crippen LogP contribution in [0.2, 0.25) is 0 Å². The third kappa shape index (κ3) is 6.09. The number of amides is 1. The monoisotopic (exact) mass is 401 g/mol. The average molecular weight is 401 g/mol. The van der Waals surface area contributed by atoms with Crippen LogP contribution in [0.15, 0.2) is 57.8 Å². The Morgan fingerprint density at radius 1 is 1.14 bits per heavy atom. The molecule has 8 heteroatoms. The highest BCUT2D eigenvalue weighted by molar-refractivity contribution is 7.99. The molecular weight excluding hydrogens is 381 g/mol. The highest BCUT2D eigenvalue weighted by Gasteiger charge is 2.11. The Labute approximate surface area is 166 Å². The molecule has 0 fully saturated rings. The fraction of sp³-hybridized carbons (Fsp3) is 0.250. The first-order valence-electron chi connectivity index (χ1n) is 8.74. The van der Waals surface area contributed by atoms with E-state index < -0.39 is 5.91 Å². The van der Waals surface area contributed by atoms with E-state index in [1.807, 2.05) is 12.1 Å². The second-order valence-corrected chi connectivity index (χ2v) is 7.93. The summed E-state index contributed by atoms with van der Waals surface area (Å²) in [5.41, 5.74) is 1.04. The molecule has 0 aliphatic carbocycles. The zero-order valence-electron chi connectivity index (χ0n) is 15.5. The molecule has 6 nitrogen and oxygen atoms in total. The number of carbonyl (C=O) groups is 1. The first-order chi connectivity index (χ1) is 13.5. The minimum absolute atomic E-state index is 0.00897. The van der Waals surface area contributed by atoms with Crippen molar-refractivity contribution in [2.75, 3.05) is 11.9 Å². The van der Waals surface area contributed by atoms with E-state index >= 15 is 0 Å². The number of hydrogen-bond acceptors (Lipinski definition) is 6. The fourth-order valence-corrected chi connectivity index (χ4v) is 3.18. The van der Waals surface area contributed by atoms with Crippen molar-refractivity contribution in [1.82, 2.24) is 10.2 Å². The summed E-state index contributed by atoms with van der Waals surface area (Å²) >= 11 is 1.80. The van der Waals surface area contributed by atoms with Gasteiger partial charge in [-0.05, 0) is 42.0 Å². The normalized spacial score (nSPS) is 10.9. The van der Waals surface area contributed by atoms with Crippen LogP contribution in [0, 0.1) is 5.82 Å². The lowest BCUT2D eigenvalue weighted by Gasteiger charge is -2.05. The molecule has 1 N–H and O–H groups in total. The lowest BCUT2D eigenvalue weighted by Crippen LogP contribution is -2.20. The van der Waals surface area contributed by atoms with Gasteiger partial charge >= 0.3 is 6.01 Å². The van der Waals surface area contributed by atoms with Crippen LogP contribution >= 0.6 is 11.8 Å². The smallest absolute Gasteiger partial charge is 0.322 e. The molecule has 0 atom stereocenters. The Morgan fingerprint density at radius 2 is 1.86 bits per heavy atom. The van der Waals surface area contributed by atoms with Crippen LogP contribution in [0.1, 0.15) is 25.3 Å². The molecule has 0 aliphatic rings. The van der Waals surface area contributed by atoms with Gasteiger partial charge in [-0.25, -0.2) is 4.39 Å². The van der Waals surface area contributed by atoms with Gasteiger partial charge in [-0.3, -0.25) is 10.1 Å². The van der Waals surface area contributed by atoms with E-state index in [1.54, 1.807) is 11.8 Å². The van der Waals surface area contributed by atoms with Gasteiger partial charge in [0.25, 0.3) is 5.91 Å². The molecule has 0 unspecified atom stereocenters. The summed E-state index contributed by atoms with van der Waals surface area (Å²) in [7, 11) is 0. The highest BCUT2D eigenvalue weighted by atomic mass is 32.2. The number of anilines is 1. The molecule has 0 saturated heterocycles. The van der Waals surface area contributed by atoms with Crippen LogP contribution in [-0.4, -0.2) is 28.0 Å². The molecule has 3 rings (SSSR count). The van der Waals surface area contributed by atoms with Crippen molar-refractivity contribution in [3.8, 4) is 5.75 Å². The lowest BCUT2D eigenvalue weighted by atomic mass is 10.1. The number of thioether (sulfide) groups is 1. The van der Waals surface area contributed by atoms with Crippen molar-refractivity contribution in [1.29, 1.82) is 0 Å². The Balaban J connectivity index is 1.49. The summed E-state index contributed by atoms with van der Waals surface area (Å²) in [5, 5.41) is 10.8. The van der Waals surface area contributed by atoms with E-state index in [0.29, 0.717) is 23.3 Å². The van der Waals surface area contributed by atoms with Crippen molar-refractivity contribution in [2.24, 2.45) is 0 Å². The zero-order valence-corrected chi connectivity index (χ0v) is 16.3. The Kier molecular flexibility index (Phi) is 6.65. The van der Waals surface area contributed by atoms with Crippen molar-refractivity contribution in [3.05, 3.63) is 65.8 Å². The van der Waals surface area contributed by atoms with Crippen LogP contribution in [0.25, 0.3) is 0 Å². The number of hydrogen-bond donors (Lipinski definition) is 1. The van der Waals surface area contributed by atoms with E-state index in [-0.39, 0.29) is 18.4 Å². The summed E-state index contributed by atoms with van der Waals surface area (Å²) < 4.78 is 23.6. The maximum atomic E-state index is 12.8. The van der Waals surface area contributed by atoms with Gasteiger partial charge in [0.2, 0.25) is 5.89 Å². The quantitative estimate of drug-likeness (QED) is 0.567. The second-order valence-electron chi connectivity index (χ2n) is 6.28. The van der Waals surface area contributed by atoms with Gasteiger partial charge in [0.15, 0.2) is 6.61 Å². The molecule has 0 spiro atoms. The molecule has 28 heavy (non-hydrogen) atoms. The molecule has 1 heterocycles. The van der Waals surface area contributed by atoms with Gasteiger partial charge in [0.1, 0.15) is 11.6 Å². The summed E-state index contributed by atoms with van der Waals surface area (Å²) in [6.07, 6.45) is 0.474. The summed E-state index contributed by atoms with van der Waals surface area (Å²) in [5.74, 6) is -0.0287. The predicted octanol–water partition coefficient (Wildman–Crippen LogP) is 4.32. The first kappa shape index (κ1) is 19.9. The van der Waals surface area contributed by atoms with Crippen LogP contribution in [0.4, 0.5) is 10.4 Å². The molecule has 0 aliphatic heterocycles. The van der Waals surface area contributed by atoms with Gasteiger partial charge < -0.3 is 9.15 Å². The van der Waals surface area contributed by atoms with Gasteiger partial charge in [0, 0.05) is 10.1 Å². The number of nitrogens with one attached hydrogen (secondary N) is 1. The first-order valence-corrected chi connectivity index (χ1v) is 9.62. The van der Waals surface area contributed by atoms with E-state index in [0.717, 1.165) is 5.56 Å². The Bertz CT molecular complexity index is 911. The largest absolute Gasteiger partial charge is 0.484 e. The number of benzene rings is 2. The van der Waals surface area contributed by atoms with Crippen molar-refractivity contribution in [2.45, 2.75) is 30.4 Å². The van der Waals surface area contributed by atoms with E-state index in [1.165, 1.54) is 29.2 Å². The number of halogens is 1. The molecule has 1 amide bonds. The van der Waals surface area contributed by atoms with E-state index in [2.05, 4.69) is 41.5 Å². The molecule has 0 saturated carbocycles. The maximum Gasteiger partial charge on any atom is 0.322 e. The SMILES string of the molecule is CC(C)Sc1ccc(Cc2nnc(NC(=O)COc3ccc(F)cc3)o2)cc1. The molecule has 146 valence electrons. The summed E-state index contributed by atoms with van der Waals surface area (Å²) in [6, 6.07) is 13.6. The summed E-state index contributed by atoms with van der Waals surface area (Å²) in [6.45, 7) is 4.05. The van der Waals surface area contributed by atoms with Crippen LogP contribution in [-0.2, 0) is 11.2 Å². The fourth-order valence-electron chi connectivity index (χ4n) is 2.34. The van der Waals surface area contributed by atoms with E-state index in [9.17, 15) is 9.18 Å². The Hall–Kier alpha value is -2.87. The molecule has 0 radical (unpaired) electrons. The van der Waals surface area contributed by atoms with Gasteiger partial charge in [-0.1, -0.05) is 31.1 Å². The minimum Gasteiger partial charge on any atom is -0.484 e. The number of aromatic nitrogens is 2. The molecule has 1 aromatic heterocycles. The number of nitrogens with zero attached hydrogens (tertiary/aromatic N) is 2.